The largest absolute Gasteiger partial charge is 0.485 e. The standard InChI is InChI=1S/C27H31N3O3/c1-19-6-5-7-20(2)26(19)32-18-24-16-25(28-33-24)27(31)29-14-11-23(12-15-29)30-13-10-21-8-3-4-9-22(21)17-30/h3-9,16,23H,10-15,17-18H2,1-2H3. The molecule has 5 rings (SSSR count). The average Bonchev–Trinajstić information content (AvgIpc) is 3.32. The van der Waals surface area contributed by atoms with Crippen LogP contribution in [0.15, 0.2) is 53.1 Å². The number of nitrogens with zero attached hydrogens (tertiary/aromatic N) is 3. The first kappa shape index (κ1) is 21.7. The molecular formula is C27H31N3O3. The zero-order chi connectivity index (χ0) is 22.8. The van der Waals surface area contributed by atoms with Crippen molar-refractivity contribution in [1.82, 2.24) is 15.0 Å². The van der Waals surface area contributed by atoms with E-state index in [9.17, 15) is 4.79 Å². The Bertz CT molecular complexity index is 1110. The molecule has 1 saturated heterocycles. The minimum Gasteiger partial charge on any atom is -0.485 e. The van der Waals surface area contributed by atoms with Gasteiger partial charge in [0.2, 0.25) is 0 Å². The Morgan fingerprint density at radius 1 is 1.03 bits per heavy atom. The Morgan fingerprint density at radius 3 is 2.52 bits per heavy atom. The molecule has 0 aliphatic carbocycles. The predicted molar refractivity (Wildman–Crippen MR) is 126 cm³/mol. The van der Waals surface area contributed by atoms with E-state index in [1.54, 1.807) is 6.07 Å². The minimum absolute atomic E-state index is 0.0560. The van der Waals surface area contributed by atoms with Crippen molar-refractivity contribution in [2.45, 2.75) is 52.3 Å². The molecule has 0 radical (unpaired) electrons. The van der Waals surface area contributed by atoms with Crippen LogP contribution in [0.3, 0.4) is 0 Å². The quantitative estimate of drug-likeness (QED) is 0.577. The highest BCUT2D eigenvalue weighted by Gasteiger charge is 2.30. The topological polar surface area (TPSA) is 58.8 Å². The minimum atomic E-state index is -0.0560. The number of hydrogen-bond donors (Lipinski definition) is 0. The van der Waals surface area contributed by atoms with E-state index in [2.05, 4.69) is 34.3 Å². The summed E-state index contributed by atoms with van der Waals surface area (Å²) in [6.45, 7) is 7.91. The molecule has 0 atom stereocenters. The molecule has 1 aromatic heterocycles. The number of carbonyl (C=O) groups excluding carboxylic acids is 1. The van der Waals surface area contributed by atoms with E-state index in [1.165, 1.54) is 11.1 Å². The molecule has 172 valence electrons. The van der Waals surface area contributed by atoms with Gasteiger partial charge < -0.3 is 14.2 Å². The Morgan fingerprint density at radius 2 is 1.76 bits per heavy atom. The smallest absolute Gasteiger partial charge is 0.276 e. The molecule has 0 spiro atoms. The summed E-state index contributed by atoms with van der Waals surface area (Å²) in [6.07, 6.45) is 3.10. The lowest BCUT2D eigenvalue weighted by molar-refractivity contribution is 0.0590. The number of ether oxygens (including phenoxy) is 1. The summed E-state index contributed by atoms with van der Waals surface area (Å²) >= 11 is 0. The van der Waals surface area contributed by atoms with Gasteiger partial charge in [-0.1, -0.05) is 47.6 Å². The fourth-order valence-electron chi connectivity index (χ4n) is 5.08. The van der Waals surface area contributed by atoms with Gasteiger partial charge in [-0.3, -0.25) is 9.69 Å². The summed E-state index contributed by atoms with van der Waals surface area (Å²) in [7, 11) is 0. The number of likely N-dealkylation sites (tertiary alicyclic amines) is 1. The summed E-state index contributed by atoms with van der Waals surface area (Å²) in [5, 5.41) is 4.03. The number of para-hydroxylation sites is 1. The van der Waals surface area contributed by atoms with Crippen LogP contribution in [0.2, 0.25) is 0 Å². The zero-order valence-corrected chi connectivity index (χ0v) is 19.4. The molecule has 0 saturated carbocycles. The molecule has 33 heavy (non-hydrogen) atoms. The van der Waals surface area contributed by atoms with Gasteiger partial charge in [-0.15, -0.1) is 0 Å². The summed E-state index contributed by atoms with van der Waals surface area (Å²) in [5.41, 5.74) is 5.43. The Labute approximate surface area is 195 Å². The second-order valence-corrected chi connectivity index (χ2v) is 9.20. The van der Waals surface area contributed by atoms with Crippen LogP contribution in [-0.4, -0.2) is 46.5 Å². The van der Waals surface area contributed by atoms with Gasteiger partial charge >= 0.3 is 0 Å². The predicted octanol–water partition coefficient (Wildman–Crippen LogP) is 4.53. The van der Waals surface area contributed by atoms with Crippen molar-refractivity contribution in [2.75, 3.05) is 19.6 Å². The lowest BCUT2D eigenvalue weighted by Gasteiger charge is -2.40. The van der Waals surface area contributed by atoms with E-state index in [4.69, 9.17) is 9.26 Å². The normalized spacial score (nSPS) is 17.1. The fraction of sp³-hybridized carbons (Fsp3) is 0.407. The number of aryl methyl sites for hydroxylation is 2. The van der Waals surface area contributed by atoms with Crippen molar-refractivity contribution < 1.29 is 14.1 Å². The van der Waals surface area contributed by atoms with E-state index in [-0.39, 0.29) is 12.5 Å². The molecule has 2 aliphatic heterocycles. The SMILES string of the molecule is Cc1cccc(C)c1OCc1cc(C(=O)N2CCC(N3CCc4ccccc4C3)CC2)no1. The van der Waals surface area contributed by atoms with Crippen LogP contribution < -0.4 is 4.74 Å². The third kappa shape index (κ3) is 4.67. The number of amides is 1. The first-order valence-electron chi connectivity index (χ1n) is 11.8. The lowest BCUT2D eigenvalue weighted by atomic mass is 9.95. The maximum absolute atomic E-state index is 13.0. The third-order valence-electron chi connectivity index (χ3n) is 6.97. The van der Waals surface area contributed by atoms with E-state index in [1.807, 2.05) is 36.9 Å². The lowest BCUT2D eigenvalue weighted by Crippen LogP contribution is -2.48. The van der Waals surface area contributed by atoms with Gasteiger partial charge in [-0.05, 0) is 55.4 Å². The third-order valence-corrected chi connectivity index (χ3v) is 6.97. The second kappa shape index (κ2) is 9.40. The molecule has 0 N–H and O–H groups in total. The molecule has 6 heteroatoms. The van der Waals surface area contributed by atoms with E-state index in [0.29, 0.717) is 17.5 Å². The van der Waals surface area contributed by atoms with Crippen LogP contribution in [0.4, 0.5) is 0 Å². The number of fused-ring (bicyclic) bond motifs is 1. The highest BCUT2D eigenvalue weighted by Crippen LogP contribution is 2.26. The number of rotatable bonds is 5. The van der Waals surface area contributed by atoms with Crippen LogP contribution in [0.5, 0.6) is 5.75 Å². The van der Waals surface area contributed by atoms with Crippen molar-refractivity contribution in [1.29, 1.82) is 0 Å². The monoisotopic (exact) mass is 445 g/mol. The highest BCUT2D eigenvalue weighted by atomic mass is 16.5. The molecular weight excluding hydrogens is 414 g/mol. The van der Waals surface area contributed by atoms with E-state index < -0.39 is 0 Å². The molecule has 1 amide bonds. The molecule has 3 heterocycles. The summed E-state index contributed by atoms with van der Waals surface area (Å²) < 4.78 is 11.3. The molecule has 0 unspecified atom stereocenters. The van der Waals surface area contributed by atoms with Gasteiger partial charge in [-0.25, -0.2) is 0 Å². The maximum atomic E-state index is 13.0. The molecule has 6 nitrogen and oxygen atoms in total. The highest BCUT2D eigenvalue weighted by molar-refractivity contribution is 5.92. The Balaban J connectivity index is 1.14. The van der Waals surface area contributed by atoms with Gasteiger partial charge in [-0.2, -0.15) is 0 Å². The van der Waals surface area contributed by atoms with E-state index >= 15 is 0 Å². The molecule has 1 fully saturated rings. The first-order chi connectivity index (χ1) is 16.1. The van der Waals surface area contributed by atoms with Crippen LogP contribution in [0.25, 0.3) is 0 Å². The van der Waals surface area contributed by atoms with Crippen molar-refractivity contribution in [3.8, 4) is 5.75 Å². The zero-order valence-electron chi connectivity index (χ0n) is 19.4. The summed E-state index contributed by atoms with van der Waals surface area (Å²) in [5.74, 6) is 1.35. The number of aromatic nitrogens is 1. The van der Waals surface area contributed by atoms with Crippen LogP contribution in [0.1, 0.15) is 51.3 Å². The van der Waals surface area contributed by atoms with Gasteiger partial charge in [0.05, 0.1) is 0 Å². The molecule has 3 aromatic rings. The number of carbonyl (C=O) groups is 1. The van der Waals surface area contributed by atoms with Crippen molar-refractivity contribution >= 4 is 5.91 Å². The Hall–Kier alpha value is -3.12. The van der Waals surface area contributed by atoms with Gasteiger partial charge in [0.1, 0.15) is 12.4 Å². The number of benzene rings is 2. The maximum Gasteiger partial charge on any atom is 0.276 e. The summed E-state index contributed by atoms with van der Waals surface area (Å²) in [4.78, 5) is 17.5. The average molecular weight is 446 g/mol. The number of hydrogen-bond acceptors (Lipinski definition) is 5. The molecule has 2 aromatic carbocycles. The van der Waals surface area contributed by atoms with Gasteiger partial charge in [0, 0.05) is 38.3 Å². The van der Waals surface area contributed by atoms with Crippen molar-refractivity contribution in [3.05, 3.63) is 82.2 Å². The van der Waals surface area contributed by atoms with Crippen molar-refractivity contribution in [3.63, 3.8) is 0 Å². The molecule has 0 bridgehead atoms. The second-order valence-electron chi connectivity index (χ2n) is 9.20. The van der Waals surface area contributed by atoms with Gasteiger partial charge in [0.25, 0.3) is 5.91 Å². The number of piperidine rings is 1. The summed E-state index contributed by atoms with van der Waals surface area (Å²) in [6, 6.07) is 17.0. The Kier molecular flexibility index (Phi) is 6.18. The van der Waals surface area contributed by atoms with Crippen molar-refractivity contribution in [2.24, 2.45) is 0 Å². The van der Waals surface area contributed by atoms with Gasteiger partial charge in [0.15, 0.2) is 11.5 Å². The van der Waals surface area contributed by atoms with Crippen LogP contribution >= 0.6 is 0 Å². The molecule has 2 aliphatic rings. The van der Waals surface area contributed by atoms with Crippen LogP contribution in [-0.2, 0) is 19.6 Å². The van der Waals surface area contributed by atoms with Crippen LogP contribution in [0, 0.1) is 13.8 Å². The first-order valence-corrected chi connectivity index (χ1v) is 11.8. The van der Waals surface area contributed by atoms with E-state index in [0.717, 1.165) is 62.3 Å². The fourth-order valence-corrected chi connectivity index (χ4v) is 5.08.